The van der Waals surface area contributed by atoms with Gasteiger partial charge in [0.1, 0.15) is 11.5 Å². The van der Waals surface area contributed by atoms with E-state index in [1.807, 2.05) is 16.6 Å². The molecule has 3 aromatic rings. The Balaban J connectivity index is 1.33. The van der Waals surface area contributed by atoms with Gasteiger partial charge in [-0.05, 0) is 37.5 Å². The van der Waals surface area contributed by atoms with Crippen LogP contribution in [0.3, 0.4) is 0 Å². The lowest BCUT2D eigenvalue weighted by atomic mass is 9.85. The highest BCUT2D eigenvalue weighted by atomic mass is 16.2. The van der Waals surface area contributed by atoms with Crippen LogP contribution in [0, 0.1) is 0 Å². The molecule has 1 saturated heterocycles. The quantitative estimate of drug-likeness (QED) is 0.633. The third kappa shape index (κ3) is 3.31. The smallest absolute Gasteiger partial charge is 0.274 e. The summed E-state index contributed by atoms with van der Waals surface area (Å²) in [6.45, 7) is 2.70. The third-order valence-electron chi connectivity index (χ3n) is 6.03. The second kappa shape index (κ2) is 7.51. The highest BCUT2D eigenvalue weighted by Gasteiger charge is 2.26. The van der Waals surface area contributed by atoms with E-state index in [9.17, 15) is 9.59 Å². The Kier molecular flexibility index (Phi) is 4.68. The van der Waals surface area contributed by atoms with Gasteiger partial charge in [-0.2, -0.15) is 9.61 Å². The summed E-state index contributed by atoms with van der Waals surface area (Å²) in [5, 5.41) is 17.5. The van der Waals surface area contributed by atoms with Crippen LogP contribution < -0.4 is 10.5 Å². The van der Waals surface area contributed by atoms with Crippen molar-refractivity contribution in [2.75, 3.05) is 31.1 Å². The first kappa shape index (κ1) is 18.7. The van der Waals surface area contributed by atoms with E-state index in [1.165, 1.54) is 23.2 Å². The Morgan fingerprint density at radius 1 is 0.967 bits per heavy atom. The first-order chi connectivity index (χ1) is 14.6. The number of rotatable bonds is 3. The van der Waals surface area contributed by atoms with Crippen LogP contribution in [0.5, 0.6) is 0 Å². The molecule has 10 heteroatoms. The zero-order valence-corrected chi connectivity index (χ0v) is 16.9. The molecule has 1 saturated carbocycles. The Hall–Kier alpha value is -3.30. The summed E-state index contributed by atoms with van der Waals surface area (Å²) in [4.78, 5) is 28.4. The van der Waals surface area contributed by atoms with Crippen LogP contribution in [-0.4, -0.2) is 66.6 Å². The average Bonchev–Trinajstić information content (AvgIpc) is 2.95. The lowest BCUT2D eigenvalue weighted by Gasteiger charge is -2.24. The van der Waals surface area contributed by atoms with Crippen LogP contribution >= 0.6 is 0 Å². The number of carbonyl (C=O) groups is 1. The minimum atomic E-state index is -0.231. The second-order valence-electron chi connectivity index (χ2n) is 7.96. The molecule has 3 aromatic heterocycles. The fourth-order valence-corrected chi connectivity index (χ4v) is 4.01. The van der Waals surface area contributed by atoms with Gasteiger partial charge in [0.2, 0.25) is 0 Å². The molecule has 0 unspecified atom stereocenters. The Labute approximate surface area is 173 Å². The van der Waals surface area contributed by atoms with Crippen molar-refractivity contribution in [2.24, 2.45) is 7.05 Å². The summed E-state index contributed by atoms with van der Waals surface area (Å²) in [7, 11) is 1.55. The molecule has 5 rings (SSSR count). The number of hydrogen-bond donors (Lipinski definition) is 0. The highest BCUT2D eigenvalue weighted by Crippen LogP contribution is 2.35. The second-order valence-corrected chi connectivity index (χ2v) is 7.96. The van der Waals surface area contributed by atoms with Gasteiger partial charge in [-0.25, -0.2) is 4.68 Å². The van der Waals surface area contributed by atoms with Crippen molar-refractivity contribution >= 4 is 17.4 Å². The van der Waals surface area contributed by atoms with Crippen molar-refractivity contribution in [1.82, 2.24) is 34.5 Å². The minimum Gasteiger partial charge on any atom is -0.353 e. The number of amides is 1. The number of carbonyl (C=O) groups excluding carboxylic acids is 1. The fraction of sp³-hybridized carbons (Fsp3) is 0.500. The van der Waals surface area contributed by atoms with Crippen LogP contribution in [0.1, 0.15) is 47.9 Å². The van der Waals surface area contributed by atoms with Crippen molar-refractivity contribution in [3.63, 3.8) is 0 Å². The van der Waals surface area contributed by atoms with Crippen molar-refractivity contribution in [2.45, 2.75) is 31.6 Å². The number of aromatic nitrogens is 6. The van der Waals surface area contributed by atoms with Crippen molar-refractivity contribution in [3.05, 3.63) is 46.1 Å². The topological polar surface area (TPSA) is 102 Å². The summed E-state index contributed by atoms with van der Waals surface area (Å²) in [6, 6.07) is 6.81. The summed E-state index contributed by atoms with van der Waals surface area (Å²) in [5.74, 6) is 2.12. The fourth-order valence-electron chi connectivity index (χ4n) is 4.01. The zero-order chi connectivity index (χ0) is 20.7. The van der Waals surface area contributed by atoms with E-state index >= 15 is 0 Å². The first-order valence-corrected chi connectivity index (χ1v) is 10.4. The van der Waals surface area contributed by atoms with E-state index < -0.39 is 0 Å². The maximum absolute atomic E-state index is 12.9. The number of nitrogens with zero attached hydrogens (tertiary/aromatic N) is 8. The molecule has 0 spiro atoms. The van der Waals surface area contributed by atoms with Crippen molar-refractivity contribution in [3.8, 4) is 0 Å². The minimum absolute atomic E-state index is 0.151. The molecule has 0 aromatic carbocycles. The molecule has 0 N–H and O–H groups in total. The van der Waals surface area contributed by atoms with Gasteiger partial charge in [-0.1, -0.05) is 6.42 Å². The maximum Gasteiger partial charge on any atom is 0.274 e. The number of hydrogen-bond acceptors (Lipinski definition) is 7. The lowest BCUT2D eigenvalue weighted by Crippen LogP contribution is -2.37. The van der Waals surface area contributed by atoms with E-state index in [-0.39, 0.29) is 11.5 Å². The molecular formula is C20H24N8O2. The number of anilines is 1. The number of fused-ring (bicyclic) bond motifs is 1. The molecule has 30 heavy (non-hydrogen) atoms. The van der Waals surface area contributed by atoms with Gasteiger partial charge in [-0.3, -0.25) is 9.59 Å². The molecule has 0 atom stereocenters. The first-order valence-electron chi connectivity index (χ1n) is 10.4. The Morgan fingerprint density at radius 2 is 1.83 bits per heavy atom. The Bertz CT molecular complexity index is 1150. The molecule has 2 aliphatic rings. The van der Waals surface area contributed by atoms with Crippen LogP contribution in [-0.2, 0) is 7.05 Å². The van der Waals surface area contributed by atoms with Crippen molar-refractivity contribution < 1.29 is 4.79 Å². The van der Waals surface area contributed by atoms with Gasteiger partial charge >= 0.3 is 0 Å². The molecule has 1 aliphatic heterocycles. The monoisotopic (exact) mass is 408 g/mol. The maximum atomic E-state index is 12.9. The van der Waals surface area contributed by atoms with Gasteiger partial charge in [-0.15, -0.1) is 15.3 Å². The molecule has 0 radical (unpaired) electrons. The van der Waals surface area contributed by atoms with Crippen LogP contribution in [0.25, 0.3) is 5.65 Å². The average molecular weight is 408 g/mol. The van der Waals surface area contributed by atoms with Gasteiger partial charge in [0, 0.05) is 45.2 Å². The Morgan fingerprint density at radius 3 is 2.60 bits per heavy atom. The van der Waals surface area contributed by atoms with E-state index in [1.54, 1.807) is 11.9 Å². The molecule has 10 nitrogen and oxygen atoms in total. The standard InChI is InChI=1S/C20H24N8O2/c1-25-18(29)9-6-15(23-25)20(30)27-11-3-10-26(12-13-27)17-8-7-16-21-22-19(28(16)24-17)14-4-2-5-14/h6-9,14H,2-5,10-13H2,1H3. The molecule has 156 valence electrons. The van der Waals surface area contributed by atoms with Gasteiger partial charge in [0.25, 0.3) is 11.5 Å². The largest absolute Gasteiger partial charge is 0.353 e. The highest BCUT2D eigenvalue weighted by molar-refractivity contribution is 5.92. The lowest BCUT2D eigenvalue weighted by molar-refractivity contribution is 0.0758. The molecule has 4 heterocycles. The summed E-state index contributed by atoms with van der Waals surface area (Å²) in [6.07, 6.45) is 4.35. The third-order valence-corrected chi connectivity index (χ3v) is 6.03. The molecule has 1 amide bonds. The normalized spacial score (nSPS) is 17.8. The van der Waals surface area contributed by atoms with E-state index in [0.29, 0.717) is 31.2 Å². The van der Waals surface area contributed by atoms with E-state index in [0.717, 1.165) is 43.1 Å². The van der Waals surface area contributed by atoms with Crippen LogP contribution in [0.15, 0.2) is 29.1 Å². The van der Waals surface area contributed by atoms with Crippen molar-refractivity contribution in [1.29, 1.82) is 0 Å². The molecule has 1 aliphatic carbocycles. The van der Waals surface area contributed by atoms with E-state index in [4.69, 9.17) is 5.10 Å². The van der Waals surface area contributed by atoms with Gasteiger partial charge < -0.3 is 9.80 Å². The summed E-state index contributed by atoms with van der Waals surface area (Å²) >= 11 is 0. The van der Waals surface area contributed by atoms with Crippen LogP contribution in [0.4, 0.5) is 5.82 Å². The number of aryl methyl sites for hydroxylation is 1. The van der Waals surface area contributed by atoms with E-state index in [2.05, 4.69) is 20.2 Å². The predicted molar refractivity (Wildman–Crippen MR) is 110 cm³/mol. The SMILES string of the molecule is Cn1nc(C(=O)N2CCCN(c3ccc4nnc(C5CCC5)n4n3)CC2)ccc1=O. The summed E-state index contributed by atoms with van der Waals surface area (Å²) < 4.78 is 3.07. The predicted octanol–water partition coefficient (Wildman–Crippen LogP) is 0.838. The zero-order valence-electron chi connectivity index (χ0n) is 16.9. The van der Waals surface area contributed by atoms with Crippen LogP contribution in [0.2, 0.25) is 0 Å². The van der Waals surface area contributed by atoms with Gasteiger partial charge in [0.05, 0.1) is 0 Å². The molecular weight excluding hydrogens is 384 g/mol. The molecule has 0 bridgehead atoms. The van der Waals surface area contributed by atoms with Gasteiger partial charge in [0.15, 0.2) is 11.5 Å². The summed E-state index contributed by atoms with van der Waals surface area (Å²) in [5.41, 5.74) is 0.832. The molecule has 2 fully saturated rings.